The van der Waals surface area contributed by atoms with Crippen molar-refractivity contribution in [1.82, 2.24) is 4.57 Å². The SMILES string of the molecule is CCOC(=O)COc1ccc(Br)cc1C=c1sc2n(c1=O)[C@H](c1ccccc1OC(C)C)C(C(=O)OCC)=C(C)N=2. The van der Waals surface area contributed by atoms with E-state index in [1.54, 1.807) is 45.0 Å². The van der Waals surface area contributed by atoms with Crippen LogP contribution in [0.15, 0.2) is 68.0 Å². The number of allylic oxidation sites excluding steroid dienone is 1. The standard InChI is InChI=1S/C30H31BrN2O7S/c1-6-37-25(34)16-39-22-13-12-20(31)14-19(22)15-24-28(35)33-27(21-10-8-9-11-23(21)40-17(3)4)26(29(36)38-7-2)18(5)32-30(33)41-24/h8-15,17,27H,6-7,16H2,1-5H3/t27-/m1/s1. The lowest BCUT2D eigenvalue weighted by molar-refractivity contribution is -0.145. The van der Waals surface area contributed by atoms with Gasteiger partial charge in [-0.3, -0.25) is 9.36 Å². The normalized spacial score (nSPS) is 14.9. The molecule has 0 spiro atoms. The molecule has 1 atom stereocenters. The van der Waals surface area contributed by atoms with Gasteiger partial charge in [0.25, 0.3) is 5.56 Å². The zero-order chi connectivity index (χ0) is 29.7. The molecule has 0 bridgehead atoms. The van der Waals surface area contributed by atoms with Gasteiger partial charge in [-0.15, -0.1) is 0 Å². The number of halogens is 1. The van der Waals surface area contributed by atoms with Crippen molar-refractivity contribution in [2.45, 2.75) is 46.8 Å². The summed E-state index contributed by atoms with van der Waals surface area (Å²) in [4.78, 5) is 44.2. The number of rotatable bonds is 10. The lowest BCUT2D eigenvalue weighted by atomic mass is 9.95. The Morgan fingerprint density at radius 1 is 1.10 bits per heavy atom. The van der Waals surface area contributed by atoms with Crippen molar-refractivity contribution >= 4 is 45.3 Å². The Kier molecular flexibility index (Phi) is 9.82. The van der Waals surface area contributed by atoms with E-state index < -0.39 is 18.0 Å². The number of aromatic nitrogens is 1. The summed E-state index contributed by atoms with van der Waals surface area (Å²) in [6, 6.07) is 11.8. The summed E-state index contributed by atoms with van der Waals surface area (Å²) in [5, 5.41) is 0. The van der Waals surface area contributed by atoms with Gasteiger partial charge in [0.2, 0.25) is 0 Å². The van der Waals surface area contributed by atoms with E-state index in [9.17, 15) is 14.4 Å². The summed E-state index contributed by atoms with van der Waals surface area (Å²) < 4.78 is 24.8. The van der Waals surface area contributed by atoms with Gasteiger partial charge in [-0.25, -0.2) is 14.6 Å². The predicted molar refractivity (Wildman–Crippen MR) is 159 cm³/mol. The number of esters is 2. The third kappa shape index (κ3) is 6.79. The summed E-state index contributed by atoms with van der Waals surface area (Å²) in [5.74, 6) is -0.0815. The molecule has 0 saturated carbocycles. The van der Waals surface area contributed by atoms with Gasteiger partial charge < -0.3 is 18.9 Å². The minimum atomic E-state index is -0.815. The second kappa shape index (κ2) is 13.3. The Morgan fingerprint density at radius 3 is 2.54 bits per heavy atom. The molecule has 2 aromatic carbocycles. The molecule has 41 heavy (non-hydrogen) atoms. The number of ether oxygens (including phenoxy) is 4. The second-order valence-electron chi connectivity index (χ2n) is 9.28. The zero-order valence-corrected chi connectivity index (χ0v) is 25.8. The molecule has 1 aliphatic heterocycles. The highest BCUT2D eigenvalue weighted by atomic mass is 79.9. The summed E-state index contributed by atoms with van der Waals surface area (Å²) >= 11 is 4.66. The Hall–Kier alpha value is -3.70. The van der Waals surface area contributed by atoms with E-state index in [-0.39, 0.29) is 37.1 Å². The zero-order valence-electron chi connectivity index (χ0n) is 23.4. The van der Waals surface area contributed by atoms with Gasteiger partial charge in [0.15, 0.2) is 11.4 Å². The van der Waals surface area contributed by atoms with Crippen LogP contribution in [0.4, 0.5) is 0 Å². The number of carbonyl (C=O) groups is 2. The molecule has 0 fully saturated rings. The van der Waals surface area contributed by atoms with Gasteiger partial charge >= 0.3 is 11.9 Å². The van der Waals surface area contributed by atoms with Crippen molar-refractivity contribution in [3.63, 3.8) is 0 Å². The van der Waals surface area contributed by atoms with Gasteiger partial charge in [0, 0.05) is 15.6 Å². The average Bonchev–Trinajstić information content (AvgIpc) is 3.22. The van der Waals surface area contributed by atoms with Gasteiger partial charge in [-0.1, -0.05) is 45.5 Å². The lowest BCUT2D eigenvalue weighted by Crippen LogP contribution is -2.40. The molecule has 0 unspecified atom stereocenters. The van der Waals surface area contributed by atoms with Crippen LogP contribution in [0.5, 0.6) is 11.5 Å². The summed E-state index contributed by atoms with van der Waals surface area (Å²) in [5.41, 5.74) is 1.61. The van der Waals surface area contributed by atoms with Crippen molar-refractivity contribution in [2.75, 3.05) is 19.8 Å². The van der Waals surface area contributed by atoms with Crippen LogP contribution < -0.4 is 24.4 Å². The number of hydrogen-bond donors (Lipinski definition) is 0. The minimum absolute atomic E-state index is 0.132. The van der Waals surface area contributed by atoms with E-state index in [0.29, 0.717) is 37.7 Å². The van der Waals surface area contributed by atoms with Gasteiger partial charge in [-0.2, -0.15) is 0 Å². The van der Waals surface area contributed by atoms with E-state index in [4.69, 9.17) is 18.9 Å². The molecule has 216 valence electrons. The lowest BCUT2D eigenvalue weighted by Gasteiger charge is -2.26. The number of benzene rings is 2. The fourth-order valence-corrected chi connectivity index (χ4v) is 5.81. The quantitative estimate of drug-likeness (QED) is 0.304. The van der Waals surface area contributed by atoms with Crippen molar-refractivity contribution in [3.05, 3.63) is 89.0 Å². The molecule has 2 heterocycles. The number of hydrogen-bond acceptors (Lipinski definition) is 9. The Balaban J connectivity index is 1.90. The highest BCUT2D eigenvalue weighted by molar-refractivity contribution is 9.10. The maximum Gasteiger partial charge on any atom is 0.344 e. The number of fused-ring (bicyclic) bond motifs is 1. The molecular weight excluding hydrogens is 612 g/mol. The summed E-state index contributed by atoms with van der Waals surface area (Å²) in [6.45, 7) is 9.16. The second-order valence-corrected chi connectivity index (χ2v) is 11.2. The molecule has 9 nitrogen and oxygen atoms in total. The highest BCUT2D eigenvalue weighted by Gasteiger charge is 2.35. The molecule has 0 radical (unpaired) electrons. The van der Waals surface area contributed by atoms with Gasteiger partial charge in [0.05, 0.1) is 35.1 Å². The summed E-state index contributed by atoms with van der Waals surface area (Å²) in [7, 11) is 0. The fraction of sp³-hybridized carbons (Fsp3) is 0.333. The van der Waals surface area contributed by atoms with E-state index >= 15 is 0 Å². The number of carbonyl (C=O) groups excluding carboxylic acids is 2. The van der Waals surface area contributed by atoms with Crippen molar-refractivity contribution < 1.29 is 28.5 Å². The van der Waals surface area contributed by atoms with Crippen LogP contribution in [0.3, 0.4) is 0 Å². The maximum absolute atomic E-state index is 14.1. The van der Waals surface area contributed by atoms with E-state index in [1.807, 2.05) is 38.1 Å². The van der Waals surface area contributed by atoms with E-state index in [1.165, 1.54) is 15.9 Å². The monoisotopic (exact) mass is 642 g/mol. The first-order valence-electron chi connectivity index (χ1n) is 13.2. The third-order valence-electron chi connectivity index (χ3n) is 6.00. The molecular formula is C30H31BrN2O7S. The molecule has 3 aromatic rings. The van der Waals surface area contributed by atoms with Gasteiger partial charge in [0.1, 0.15) is 17.5 Å². The predicted octanol–water partition coefficient (Wildman–Crippen LogP) is 4.29. The van der Waals surface area contributed by atoms with Crippen molar-refractivity contribution in [1.29, 1.82) is 0 Å². The first kappa shape index (κ1) is 30.3. The topological polar surface area (TPSA) is 105 Å². The largest absolute Gasteiger partial charge is 0.491 e. The molecule has 1 aromatic heterocycles. The summed E-state index contributed by atoms with van der Waals surface area (Å²) in [6.07, 6.45) is 1.55. The Bertz CT molecular complexity index is 1670. The maximum atomic E-state index is 14.1. The van der Waals surface area contributed by atoms with Crippen LogP contribution in [0.2, 0.25) is 0 Å². The average molecular weight is 644 g/mol. The Labute approximate surface area is 249 Å². The number of nitrogens with zero attached hydrogens (tertiary/aromatic N) is 2. The molecule has 4 rings (SSSR count). The van der Waals surface area contributed by atoms with Crippen LogP contribution >= 0.6 is 27.3 Å². The van der Waals surface area contributed by atoms with Crippen LogP contribution in [0.25, 0.3) is 6.08 Å². The smallest absolute Gasteiger partial charge is 0.344 e. The van der Waals surface area contributed by atoms with Crippen LogP contribution in [0, 0.1) is 0 Å². The van der Waals surface area contributed by atoms with Gasteiger partial charge in [-0.05, 0) is 65.0 Å². The molecule has 0 saturated heterocycles. The van der Waals surface area contributed by atoms with Crippen molar-refractivity contribution in [3.8, 4) is 11.5 Å². The van der Waals surface area contributed by atoms with Crippen LogP contribution in [-0.4, -0.2) is 42.4 Å². The molecule has 0 aliphatic carbocycles. The first-order chi connectivity index (χ1) is 19.6. The number of thiazole rings is 1. The molecule has 0 amide bonds. The van der Waals surface area contributed by atoms with E-state index in [2.05, 4.69) is 20.9 Å². The molecule has 11 heteroatoms. The van der Waals surface area contributed by atoms with Crippen LogP contribution in [-0.2, 0) is 19.1 Å². The Morgan fingerprint density at radius 2 is 1.83 bits per heavy atom. The minimum Gasteiger partial charge on any atom is -0.491 e. The van der Waals surface area contributed by atoms with Crippen LogP contribution in [0.1, 0.15) is 51.8 Å². The molecule has 0 N–H and O–H groups in total. The molecule has 1 aliphatic rings. The third-order valence-corrected chi connectivity index (χ3v) is 7.48. The number of para-hydroxylation sites is 1. The van der Waals surface area contributed by atoms with Crippen molar-refractivity contribution in [2.24, 2.45) is 4.99 Å². The highest BCUT2D eigenvalue weighted by Crippen LogP contribution is 2.36. The fourth-order valence-electron chi connectivity index (χ4n) is 4.40. The first-order valence-corrected chi connectivity index (χ1v) is 14.8. The van der Waals surface area contributed by atoms with E-state index in [0.717, 1.165) is 4.47 Å².